The number of nitrogens with one attached hydrogen (secondary N) is 2. The first kappa shape index (κ1) is 31.3. The predicted octanol–water partition coefficient (Wildman–Crippen LogP) is 6.63. The van der Waals surface area contributed by atoms with E-state index in [1.807, 2.05) is 72.5 Å². The number of morpholine rings is 1. The van der Waals surface area contributed by atoms with Crippen LogP contribution in [0.1, 0.15) is 16.7 Å². The van der Waals surface area contributed by atoms with Crippen LogP contribution in [0.3, 0.4) is 0 Å². The lowest BCUT2D eigenvalue weighted by Gasteiger charge is -2.27. The molecule has 3 aromatic carbocycles. The molecule has 0 amide bonds. The van der Waals surface area contributed by atoms with Gasteiger partial charge in [0.25, 0.3) is 0 Å². The fraction of sp³-hybridized carbons (Fsp3) is 0.241. The molecule has 2 heterocycles. The summed E-state index contributed by atoms with van der Waals surface area (Å²) < 4.78 is 17.8. The van der Waals surface area contributed by atoms with Crippen LogP contribution in [-0.2, 0) is 11.3 Å². The van der Waals surface area contributed by atoms with Crippen molar-refractivity contribution < 1.29 is 14.2 Å². The monoisotopic (exact) mass is 673 g/mol. The Morgan fingerprint density at radius 1 is 1.02 bits per heavy atom. The Morgan fingerprint density at radius 3 is 2.55 bits per heavy atom. The van der Waals surface area contributed by atoms with E-state index < -0.39 is 0 Å². The van der Waals surface area contributed by atoms with Crippen molar-refractivity contribution in [3.63, 3.8) is 0 Å². The lowest BCUT2D eigenvalue weighted by Crippen LogP contribution is -2.37. The smallest absolute Gasteiger partial charge is 0.250 e. The molecule has 0 radical (unpaired) electrons. The first-order valence-electron chi connectivity index (χ1n) is 12.9. The van der Waals surface area contributed by atoms with Crippen molar-refractivity contribution in [2.75, 3.05) is 49.1 Å². The maximum Gasteiger partial charge on any atom is 0.250 e. The third-order valence-corrected chi connectivity index (χ3v) is 7.28. The zero-order chi connectivity index (χ0) is 28.6. The van der Waals surface area contributed by atoms with Gasteiger partial charge in [-0.15, -0.1) is 12.4 Å². The first-order valence-corrected chi connectivity index (χ1v) is 14.1. The van der Waals surface area contributed by atoms with Gasteiger partial charge in [0, 0.05) is 22.6 Å². The van der Waals surface area contributed by atoms with Crippen molar-refractivity contribution in [3.8, 4) is 11.5 Å². The predicted molar refractivity (Wildman–Crippen MR) is 172 cm³/mol. The second kappa shape index (κ2) is 15.0. The van der Waals surface area contributed by atoms with Gasteiger partial charge in [0.15, 0.2) is 11.5 Å². The molecular weight excluding hydrogens is 645 g/mol. The van der Waals surface area contributed by atoms with E-state index in [1.165, 1.54) is 0 Å². The zero-order valence-corrected chi connectivity index (χ0v) is 26.2. The third-order valence-electron chi connectivity index (χ3n) is 6.22. The minimum Gasteiger partial charge on any atom is -0.493 e. The summed E-state index contributed by atoms with van der Waals surface area (Å²) in [6, 6.07) is 19.3. The standard InChI is InChI=1S/C29H29BrClN7O3.ClH/c1-19-14-22(30)24(16-23(19)31)33-27-34-28(36-29(35-27)38-10-12-40-13-11-38)37-32-17-21-8-9-25(26(15-21)39-2)41-18-20-6-4-3-5-7-20;/h3-9,14-17H,10-13,18H2,1-2H3,(H2,33,34,35,36,37);1H/b32-17-;. The lowest BCUT2D eigenvalue weighted by atomic mass is 10.2. The van der Waals surface area contributed by atoms with E-state index in [-0.39, 0.29) is 18.4 Å². The van der Waals surface area contributed by atoms with E-state index in [9.17, 15) is 0 Å². The summed E-state index contributed by atoms with van der Waals surface area (Å²) in [5.74, 6) is 2.39. The average molecular weight is 675 g/mol. The molecule has 0 aliphatic carbocycles. The number of hydrazone groups is 1. The highest BCUT2D eigenvalue weighted by Crippen LogP contribution is 2.31. The Labute approximate surface area is 264 Å². The molecule has 13 heteroatoms. The van der Waals surface area contributed by atoms with Gasteiger partial charge in [-0.3, -0.25) is 0 Å². The van der Waals surface area contributed by atoms with Crippen molar-refractivity contribution >= 4 is 69.7 Å². The van der Waals surface area contributed by atoms with Gasteiger partial charge >= 0.3 is 0 Å². The minimum absolute atomic E-state index is 0. The molecule has 4 aromatic rings. The Kier molecular flexibility index (Phi) is 11.2. The molecule has 0 saturated carbocycles. The van der Waals surface area contributed by atoms with Gasteiger partial charge in [-0.1, -0.05) is 41.9 Å². The molecule has 1 fully saturated rings. The number of halogens is 3. The quantitative estimate of drug-likeness (QED) is 0.142. The Balaban J connectivity index is 0.00000405. The van der Waals surface area contributed by atoms with E-state index >= 15 is 0 Å². The lowest BCUT2D eigenvalue weighted by molar-refractivity contribution is 0.122. The molecule has 1 aliphatic heterocycles. The Hall–Kier alpha value is -3.64. The fourth-order valence-corrected chi connectivity index (χ4v) is 4.74. The fourth-order valence-electron chi connectivity index (χ4n) is 4.02. The maximum atomic E-state index is 6.36. The molecule has 1 aromatic heterocycles. The van der Waals surface area contributed by atoms with Gasteiger partial charge in [-0.2, -0.15) is 20.1 Å². The van der Waals surface area contributed by atoms with E-state index in [2.05, 4.69) is 46.7 Å². The number of hydrogen-bond donors (Lipinski definition) is 2. The normalized spacial score (nSPS) is 13.0. The highest BCUT2D eigenvalue weighted by atomic mass is 79.9. The molecule has 0 spiro atoms. The number of aromatic nitrogens is 3. The van der Waals surface area contributed by atoms with Crippen LogP contribution in [0.4, 0.5) is 23.5 Å². The highest BCUT2D eigenvalue weighted by Gasteiger charge is 2.17. The summed E-state index contributed by atoms with van der Waals surface area (Å²) in [6.45, 7) is 4.92. The van der Waals surface area contributed by atoms with Crippen LogP contribution in [0.5, 0.6) is 11.5 Å². The summed E-state index contributed by atoms with van der Waals surface area (Å²) in [6.07, 6.45) is 1.66. The summed E-state index contributed by atoms with van der Waals surface area (Å²) >= 11 is 9.94. The molecule has 0 atom stereocenters. The molecule has 10 nitrogen and oxygen atoms in total. The van der Waals surface area contributed by atoms with Crippen molar-refractivity contribution in [3.05, 3.63) is 86.8 Å². The molecule has 2 N–H and O–H groups in total. The number of hydrogen-bond acceptors (Lipinski definition) is 10. The number of ether oxygens (including phenoxy) is 3. The van der Waals surface area contributed by atoms with Gasteiger partial charge in [0.05, 0.1) is 32.2 Å². The summed E-state index contributed by atoms with van der Waals surface area (Å²) in [5, 5.41) is 8.23. The Bertz CT molecular complexity index is 1520. The first-order chi connectivity index (χ1) is 20.0. The zero-order valence-electron chi connectivity index (χ0n) is 23.0. The van der Waals surface area contributed by atoms with Crippen molar-refractivity contribution in [2.45, 2.75) is 13.5 Å². The molecule has 1 saturated heterocycles. The molecule has 1 aliphatic rings. The molecule has 5 rings (SSSR count). The highest BCUT2D eigenvalue weighted by molar-refractivity contribution is 9.10. The van der Waals surface area contributed by atoms with Crippen LogP contribution in [0, 0.1) is 6.92 Å². The van der Waals surface area contributed by atoms with Gasteiger partial charge in [-0.05, 0) is 69.9 Å². The largest absolute Gasteiger partial charge is 0.493 e. The summed E-state index contributed by atoms with van der Waals surface area (Å²) in [5.41, 5.74) is 6.50. The number of benzene rings is 3. The van der Waals surface area contributed by atoms with Gasteiger partial charge in [-0.25, -0.2) is 5.43 Å². The van der Waals surface area contributed by atoms with Crippen LogP contribution < -0.4 is 25.1 Å². The molecule has 42 heavy (non-hydrogen) atoms. The van der Waals surface area contributed by atoms with Crippen LogP contribution in [0.15, 0.2) is 70.2 Å². The maximum absolute atomic E-state index is 6.36. The number of anilines is 4. The van der Waals surface area contributed by atoms with Crippen LogP contribution >= 0.6 is 39.9 Å². The summed E-state index contributed by atoms with van der Waals surface area (Å²) in [7, 11) is 1.61. The second-order valence-electron chi connectivity index (χ2n) is 9.14. The molecular formula is C29H30BrCl2N7O3. The molecule has 0 bridgehead atoms. The van der Waals surface area contributed by atoms with E-state index in [4.69, 9.17) is 25.8 Å². The second-order valence-corrected chi connectivity index (χ2v) is 10.4. The van der Waals surface area contributed by atoms with Gasteiger partial charge < -0.3 is 24.4 Å². The van der Waals surface area contributed by atoms with Crippen LogP contribution in [0.25, 0.3) is 0 Å². The van der Waals surface area contributed by atoms with Crippen molar-refractivity contribution in [2.24, 2.45) is 5.10 Å². The van der Waals surface area contributed by atoms with E-state index in [0.29, 0.717) is 61.3 Å². The topological polar surface area (TPSA) is 106 Å². The van der Waals surface area contributed by atoms with Crippen LogP contribution in [-0.4, -0.2) is 54.6 Å². The van der Waals surface area contributed by atoms with E-state index in [1.54, 1.807) is 13.3 Å². The minimum atomic E-state index is 0. The number of aryl methyl sites for hydroxylation is 1. The summed E-state index contributed by atoms with van der Waals surface area (Å²) in [4.78, 5) is 15.8. The number of nitrogens with zero attached hydrogens (tertiary/aromatic N) is 5. The van der Waals surface area contributed by atoms with Gasteiger partial charge in [0.2, 0.25) is 17.8 Å². The molecule has 220 valence electrons. The number of rotatable bonds is 10. The van der Waals surface area contributed by atoms with Crippen molar-refractivity contribution in [1.29, 1.82) is 0 Å². The van der Waals surface area contributed by atoms with Crippen molar-refractivity contribution in [1.82, 2.24) is 15.0 Å². The molecule has 0 unspecified atom stereocenters. The third kappa shape index (κ3) is 8.22. The van der Waals surface area contributed by atoms with Crippen LogP contribution in [0.2, 0.25) is 5.02 Å². The average Bonchev–Trinajstić information content (AvgIpc) is 3.00. The number of methoxy groups -OCH3 is 1. The van der Waals surface area contributed by atoms with Gasteiger partial charge in [0.1, 0.15) is 6.61 Å². The SMILES string of the molecule is COc1cc(/C=N\Nc2nc(Nc3cc(Cl)c(C)cc3Br)nc(N3CCOCC3)n2)ccc1OCc1ccccc1.Cl. The Morgan fingerprint density at radius 2 is 1.79 bits per heavy atom. The van der Waals surface area contributed by atoms with E-state index in [0.717, 1.165) is 26.9 Å².